The average molecular weight is 306 g/mol. The molecule has 0 aromatic heterocycles. The van der Waals surface area contributed by atoms with Crippen molar-refractivity contribution in [2.75, 3.05) is 6.61 Å². The molecule has 0 atom stereocenters. The van der Waals surface area contributed by atoms with Crippen LogP contribution in [0.2, 0.25) is 0 Å². The van der Waals surface area contributed by atoms with E-state index in [0.29, 0.717) is 0 Å². The first kappa shape index (κ1) is 13.8. The van der Waals surface area contributed by atoms with Crippen LogP contribution >= 0.6 is 0 Å². The molecule has 0 saturated carbocycles. The third-order valence-electron chi connectivity index (χ3n) is 4.29. The van der Waals surface area contributed by atoms with E-state index in [4.69, 9.17) is 9.47 Å². The van der Waals surface area contributed by atoms with Crippen molar-refractivity contribution >= 4 is 11.9 Å². The average Bonchev–Trinajstić information content (AvgIpc) is 3.06. The van der Waals surface area contributed by atoms with Crippen LogP contribution in [0.5, 0.6) is 0 Å². The molecule has 1 aliphatic heterocycles. The van der Waals surface area contributed by atoms with Crippen LogP contribution in [0.4, 0.5) is 0 Å². The molecular formula is C19H14O4. The second kappa shape index (κ2) is 4.81. The van der Waals surface area contributed by atoms with Gasteiger partial charge in [-0.2, -0.15) is 0 Å². The number of hydrogen-bond acceptors (Lipinski definition) is 4. The fourth-order valence-corrected chi connectivity index (χ4v) is 3.46. The first-order chi connectivity index (χ1) is 11.2. The van der Waals surface area contributed by atoms with E-state index in [9.17, 15) is 9.59 Å². The minimum absolute atomic E-state index is 0.238. The van der Waals surface area contributed by atoms with Crippen LogP contribution in [-0.2, 0) is 24.7 Å². The van der Waals surface area contributed by atoms with Gasteiger partial charge in [-0.3, -0.25) is 0 Å². The molecule has 2 aliphatic rings. The summed E-state index contributed by atoms with van der Waals surface area (Å²) in [6, 6.07) is 15.3. The van der Waals surface area contributed by atoms with Gasteiger partial charge < -0.3 is 9.47 Å². The number of hydrogen-bond donors (Lipinski definition) is 0. The summed E-state index contributed by atoms with van der Waals surface area (Å²) in [5.74, 6) is -1.05. The fourth-order valence-electron chi connectivity index (χ4n) is 3.46. The Kier molecular flexibility index (Phi) is 2.88. The van der Waals surface area contributed by atoms with Gasteiger partial charge in [-0.15, -0.1) is 0 Å². The van der Waals surface area contributed by atoms with Crippen LogP contribution in [0, 0.1) is 0 Å². The second-order valence-electron chi connectivity index (χ2n) is 5.47. The molecule has 2 aromatic carbocycles. The van der Waals surface area contributed by atoms with Crippen LogP contribution in [-0.4, -0.2) is 18.5 Å². The summed E-state index contributed by atoms with van der Waals surface area (Å²) < 4.78 is 10.9. The maximum Gasteiger partial charge on any atom is 0.339 e. The van der Waals surface area contributed by atoms with E-state index in [1.807, 2.05) is 48.5 Å². The predicted octanol–water partition coefficient (Wildman–Crippen LogP) is 2.96. The molecule has 0 bridgehead atoms. The topological polar surface area (TPSA) is 52.6 Å². The van der Waals surface area contributed by atoms with Gasteiger partial charge in [0.25, 0.3) is 0 Å². The Morgan fingerprint density at radius 2 is 1.61 bits per heavy atom. The standard InChI is InChI=1S/C19H14O4/c1-2-22-18(21)16-11-17(20)23-19(16)14-9-5-3-7-12(14)13-8-4-6-10-15(13)19/h3-11H,2H2,1H3. The number of rotatable bonds is 2. The molecule has 0 N–H and O–H groups in total. The summed E-state index contributed by atoms with van der Waals surface area (Å²) in [6.07, 6.45) is 1.25. The van der Waals surface area contributed by atoms with Crippen molar-refractivity contribution in [1.29, 1.82) is 0 Å². The highest BCUT2D eigenvalue weighted by Gasteiger charge is 2.55. The summed E-state index contributed by atoms with van der Waals surface area (Å²) >= 11 is 0. The number of benzene rings is 2. The minimum Gasteiger partial charge on any atom is -0.462 e. The van der Waals surface area contributed by atoms with Crippen molar-refractivity contribution in [1.82, 2.24) is 0 Å². The molecule has 2 aromatic rings. The van der Waals surface area contributed by atoms with E-state index >= 15 is 0 Å². The SMILES string of the molecule is CCOC(=O)C1=CC(=O)OC12c1ccccc1-c1ccccc12. The molecule has 0 amide bonds. The van der Waals surface area contributed by atoms with E-state index < -0.39 is 17.5 Å². The molecule has 1 heterocycles. The number of carbonyl (C=O) groups excluding carboxylic acids is 2. The molecule has 0 saturated heterocycles. The van der Waals surface area contributed by atoms with E-state index in [2.05, 4.69) is 0 Å². The summed E-state index contributed by atoms with van der Waals surface area (Å²) in [7, 11) is 0. The Morgan fingerprint density at radius 1 is 1.04 bits per heavy atom. The monoisotopic (exact) mass is 306 g/mol. The van der Waals surface area contributed by atoms with Crippen molar-refractivity contribution in [3.63, 3.8) is 0 Å². The van der Waals surface area contributed by atoms with Crippen molar-refractivity contribution < 1.29 is 19.1 Å². The summed E-state index contributed by atoms with van der Waals surface area (Å²) in [6.45, 7) is 1.98. The van der Waals surface area contributed by atoms with Crippen molar-refractivity contribution in [2.24, 2.45) is 0 Å². The van der Waals surface area contributed by atoms with Crippen LogP contribution in [0.3, 0.4) is 0 Å². The zero-order valence-corrected chi connectivity index (χ0v) is 12.5. The Balaban J connectivity index is 2.02. The lowest BCUT2D eigenvalue weighted by atomic mass is 9.84. The molecule has 4 heteroatoms. The van der Waals surface area contributed by atoms with E-state index in [0.717, 1.165) is 22.3 Å². The van der Waals surface area contributed by atoms with Gasteiger partial charge in [0.2, 0.25) is 0 Å². The van der Waals surface area contributed by atoms with Gasteiger partial charge in [0.15, 0.2) is 5.60 Å². The largest absolute Gasteiger partial charge is 0.462 e. The van der Waals surface area contributed by atoms with Gasteiger partial charge in [0, 0.05) is 17.2 Å². The Labute approximate surface area is 133 Å². The highest BCUT2D eigenvalue weighted by molar-refractivity contribution is 6.05. The molecular weight excluding hydrogens is 292 g/mol. The zero-order valence-electron chi connectivity index (χ0n) is 12.5. The second-order valence-corrected chi connectivity index (χ2v) is 5.47. The van der Waals surface area contributed by atoms with E-state index in [1.165, 1.54) is 6.08 Å². The fraction of sp³-hybridized carbons (Fsp3) is 0.158. The molecule has 4 nitrogen and oxygen atoms in total. The molecule has 114 valence electrons. The van der Waals surface area contributed by atoms with Crippen molar-refractivity contribution in [3.8, 4) is 11.1 Å². The Bertz CT molecular complexity index is 818. The highest BCUT2D eigenvalue weighted by atomic mass is 16.6. The molecule has 1 spiro atoms. The zero-order chi connectivity index (χ0) is 16.0. The van der Waals surface area contributed by atoms with Crippen LogP contribution in [0.15, 0.2) is 60.2 Å². The maximum absolute atomic E-state index is 12.4. The Morgan fingerprint density at radius 3 is 2.17 bits per heavy atom. The smallest absolute Gasteiger partial charge is 0.339 e. The summed E-state index contributed by atoms with van der Waals surface area (Å²) in [5.41, 5.74) is 2.57. The van der Waals surface area contributed by atoms with Crippen molar-refractivity contribution in [3.05, 3.63) is 71.3 Å². The van der Waals surface area contributed by atoms with Gasteiger partial charge in [-0.1, -0.05) is 48.5 Å². The van der Waals surface area contributed by atoms with Gasteiger partial charge in [-0.05, 0) is 18.1 Å². The lowest BCUT2D eigenvalue weighted by Gasteiger charge is -2.27. The van der Waals surface area contributed by atoms with Crippen LogP contribution in [0.25, 0.3) is 11.1 Å². The molecule has 4 rings (SSSR count). The van der Waals surface area contributed by atoms with Crippen LogP contribution < -0.4 is 0 Å². The van der Waals surface area contributed by atoms with Gasteiger partial charge in [0.1, 0.15) is 0 Å². The quantitative estimate of drug-likeness (QED) is 0.801. The van der Waals surface area contributed by atoms with Gasteiger partial charge >= 0.3 is 11.9 Å². The number of fused-ring (bicyclic) bond motifs is 5. The maximum atomic E-state index is 12.4. The predicted molar refractivity (Wildman–Crippen MR) is 83.5 cm³/mol. The number of esters is 2. The minimum atomic E-state index is -1.20. The lowest BCUT2D eigenvalue weighted by Crippen LogP contribution is -2.32. The van der Waals surface area contributed by atoms with E-state index in [-0.39, 0.29) is 12.2 Å². The molecule has 0 radical (unpaired) electrons. The molecule has 1 aliphatic carbocycles. The van der Waals surface area contributed by atoms with Gasteiger partial charge in [0.05, 0.1) is 12.2 Å². The normalized spacial score (nSPS) is 16.6. The highest BCUT2D eigenvalue weighted by Crippen LogP contribution is 2.55. The molecule has 0 unspecified atom stereocenters. The summed E-state index contributed by atoms with van der Waals surface area (Å²) in [4.78, 5) is 24.5. The molecule has 0 fully saturated rings. The lowest BCUT2D eigenvalue weighted by molar-refractivity contribution is -0.146. The number of ether oxygens (including phenoxy) is 2. The van der Waals surface area contributed by atoms with Crippen LogP contribution in [0.1, 0.15) is 18.1 Å². The summed E-state index contributed by atoms with van der Waals surface area (Å²) in [5, 5.41) is 0. The molecule has 23 heavy (non-hydrogen) atoms. The number of carbonyl (C=O) groups is 2. The van der Waals surface area contributed by atoms with Crippen molar-refractivity contribution in [2.45, 2.75) is 12.5 Å². The van der Waals surface area contributed by atoms with Gasteiger partial charge in [-0.25, -0.2) is 9.59 Å². The first-order valence-electron chi connectivity index (χ1n) is 7.50. The van der Waals surface area contributed by atoms with E-state index in [1.54, 1.807) is 6.92 Å². The third kappa shape index (κ3) is 1.72. The third-order valence-corrected chi connectivity index (χ3v) is 4.29. The first-order valence-corrected chi connectivity index (χ1v) is 7.50. The Hall–Kier alpha value is -2.88.